The van der Waals surface area contributed by atoms with Crippen LogP contribution in [0.15, 0.2) is 35.7 Å². The third-order valence-electron chi connectivity index (χ3n) is 1.42. The molecule has 0 saturated carbocycles. The summed E-state index contributed by atoms with van der Waals surface area (Å²) >= 11 is 0.259. The van der Waals surface area contributed by atoms with Gasteiger partial charge in [0.05, 0.1) is 12.1 Å². The maximum atomic E-state index is 12.1. The predicted octanol–water partition coefficient (Wildman–Crippen LogP) is 3.70. The molecule has 0 unspecified atom stereocenters. The summed E-state index contributed by atoms with van der Waals surface area (Å²) in [5.74, 6) is 0. The molecule has 1 aromatic rings. The van der Waals surface area contributed by atoms with Crippen molar-refractivity contribution < 1.29 is 3.89 Å². The fraction of sp³-hybridized carbons (Fsp3) is 0.111. The maximum absolute atomic E-state index is 12.1. The van der Waals surface area contributed by atoms with Gasteiger partial charge in [0, 0.05) is 4.90 Å². The number of hydrogen-bond acceptors (Lipinski definition) is 1. The van der Waals surface area contributed by atoms with E-state index in [0.717, 1.165) is 11.1 Å². The van der Waals surface area contributed by atoms with Crippen molar-refractivity contribution in [2.45, 2.75) is 11.8 Å². The lowest BCUT2D eigenvalue weighted by Crippen LogP contribution is -1.76. The zero-order valence-electron chi connectivity index (χ0n) is 6.30. The molecule has 0 amide bonds. The number of rotatable bonds is 2. The van der Waals surface area contributed by atoms with Crippen molar-refractivity contribution in [3.63, 3.8) is 0 Å². The minimum atomic E-state index is 0.259. The zero-order valence-corrected chi connectivity index (χ0v) is 7.12. The van der Waals surface area contributed by atoms with Gasteiger partial charge in [-0.25, -0.2) is 0 Å². The average Bonchev–Trinajstić information content (AvgIpc) is 2.05. The van der Waals surface area contributed by atoms with Crippen LogP contribution in [0.2, 0.25) is 0 Å². The molecule has 2 heteroatoms. The second-order valence-corrected chi connectivity index (χ2v) is 3.01. The molecule has 0 atom stereocenters. The van der Waals surface area contributed by atoms with Crippen LogP contribution < -0.4 is 0 Å². The van der Waals surface area contributed by atoms with E-state index >= 15 is 0 Å². The van der Waals surface area contributed by atoms with E-state index in [0.29, 0.717) is 4.90 Å². The van der Waals surface area contributed by atoms with Gasteiger partial charge in [0.1, 0.15) is 0 Å². The third kappa shape index (κ3) is 2.09. The van der Waals surface area contributed by atoms with Gasteiger partial charge in [-0.1, -0.05) is 24.3 Å². The molecule has 0 aliphatic carbocycles. The van der Waals surface area contributed by atoms with Gasteiger partial charge < -0.3 is 0 Å². The van der Waals surface area contributed by atoms with Crippen molar-refractivity contribution >= 4 is 17.7 Å². The predicted molar refractivity (Wildman–Crippen MR) is 48.1 cm³/mol. The lowest BCUT2D eigenvalue weighted by atomic mass is 10.1. The van der Waals surface area contributed by atoms with Crippen LogP contribution in [-0.2, 0) is 0 Å². The second kappa shape index (κ2) is 3.58. The summed E-state index contributed by atoms with van der Waals surface area (Å²) in [4.78, 5) is 0.630. The van der Waals surface area contributed by atoms with Crippen LogP contribution in [0, 0.1) is 0 Å². The molecule has 0 radical (unpaired) electrons. The van der Waals surface area contributed by atoms with E-state index in [9.17, 15) is 3.89 Å². The summed E-state index contributed by atoms with van der Waals surface area (Å²) in [6.45, 7) is 5.67. The van der Waals surface area contributed by atoms with Crippen molar-refractivity contribution in [1.82, 2.24) is 0 Å². The fourth-order valence-corrected chi connectivity index (χ4v) is 1.11. The Balaban J connectivity index is 3.01. The minimum Gasteiger partial charge on any atom is -0.160 e. The number of benzene rings is 1. The van der Waals surface area contributed by atoms with Gasteiger partial charge in [0.2, 0.25) is 0 Å². The quantitative estimate of drug-likeness (QED) is 0.649. The molecule has 0 nitrogen and oxygen atoms in total. The molecule has 0 aromatic heterocycles. The Morgan fingerprint density at radius 1 is 1.55 bits per heavy atom. The fourth-order valence-electron chi connectivity index (χ4n) is 0.810. The maximum Gasteiger partial charge on any atom is 0.0812 e. The van der Waals surface area contributed by atoms with Gasteiger partial charge in [-0.2, -0.15) is 3.89 Å². The van der Waals surface area contributed by atoms with Crippen LogP contribution >= 0.6 is 12.1 Å². The number of halogens is 1. The first kappa shape index (κ1) is 8.34. The van der Waals surface area contributed by atoms with Crippen molar-refractivity contribution in [2.24, 2.45) is 0 Å². The highest BCUT2D eigenvalue weighted by atomic mass is 32.2. The summed E-state index contributed by atoms with van der Waals surface area (Å²) < 4.78 is 12.1. The Labute approximate surface area is 70.4 Å². The molecule has 0 heterocycles. The summed E-state index contributed by atoms with van der Waals surface area (Å²) in [7, 11) is 0. The smallest absolute Gasteiger partial charge is 0.0812 e. The molecule has 0 fully saturated rings. The Morgan fingerprint density at radius 2 is 2.27 bits per heavy atom. The van der Waals surface area contributed by atoms with Crippen LogP contribution in [0.25, 0.3) is 5.57 Å². The summed E-state index contributed by atoms with van der Waals surface area (Å²) in [5, 5.41) is 0. The molecule has 1 aromatic carbocycles. The Kier molecular flexibility index (Phi) is 2.71. The van der Waals surface area contributed by atoms with Crippen LogP contribution in [-0.4, -0.2) is 0 Å². The third-order valence-corrected chi connectivity index (χ3v) is 1.85. The molecule has 11 heavy (non-hydrogen) atoms. The molecule has 0 aliphatic heterocycles. The van der Waals surface area contributed by atoms with Gasteiger partial charge in [-0.05, 0) is 24.6 Å². The monoisotopic (exact) mass is 168 g/mol. The van der Waals surface area contributed by atoms with Gasteiger partial charge in [0.25, 0.3) is 0 Å². The van der Waals surface area contributed by atoms with Gasteiger partial charge >= 0.3 is 0 Å². The zero-order chi connectivity index (χ0) is 8.27. The molecule has 0 bridgehead atoms. The molecular formula is C9H9FS. The van der Waals surface area contributed by atoms with Crippen molar-refractivity contribution in [2.75, 3.05) is 0 Å². The normalized spacial score (nSPS) is 9.64. The summed E-state index contributed by atoms with van der Waals surface area (Å²) in [6.07, 6.45) is 0. The first-order valence-electron chi connectivity index (χ1n) is 3.28. The average molecular weight is 168 g/mol. The van der Waals surface area contributed by atoms with Gasteiger partial charge in [-0.3, -0.25) is 0 Å². The number of hydrogen-bond donors (Lipinski definition) is 0. The summed E-state index contributed by atoms with van der Waals surface area (Å²) in [6, 6.07) is 7.26. The molecular weight excluding hydrogens is 159 g/mol. The van der Waals surface area contributed by atoms with Gasteiger partial charge in [0.15, 0.2) is 0 Å². The molecule has 0 saturated heterocycles. The highest BCUT2D eigenvalue weighted by Crippen LogP contribution is 2.22. The first-order chi connectivity index (χ1) is 5.24. The highest BCUT2D eigenvalue weighted by molar-refractivity contribution is 7.94. The van der Waals surface area contributed by atoms with Crippen molar-refractivity contribution in [3.05, 3.63) is 36.4 Å². The van der Waals surface area contributed by atoms with Crippen LogP contribution in [0.3, 0.4) is 0 Å². The topological polar surface area (TPSA) is 0 Å². The van der Waals surface area contributed by atoms with Crippen LogP contribution in [0.5, 0.6) is 0 Å². The first-order valence-corrected chi connectivity index (χ1v) is 4.00. The molecule has 0 spiro atoms. The van der Waals surface area contributed by atoms with Crippen molar-refractivity contribution in [1.29, 1.82) is 0 Å². The number of allylic oxidation sites excluding steroid dienone is 1. The Bertz CT molecular complexity index is 268. The Hall–Kier alpha value is -0.760. The Morgan fingerprint density at radius 3 is 2.82 bits per heavy atom. The molecule has 0 N–H and O–H groups in total. The van der Waals surface area contributed by atoms with E-state index in [1.54, 1.807) is 12.1 Å². The van der Waals surface area contributed by atoms with Crippen molar-refractivity contribution in [3.8, 4) is 0 Å². The second-order valence-electron chi connectivity index (χ2n) is 2.39. The van der Waals surface area contributed by atoms with E-state index in [-0.39, 0.29) is 12.1 Å². The lowest BCUT2D eigenvalue weighted by molar-refractivity contribution is 0.934. The van der Waals surface area contributed by atoms with Crippen LogP contribution in [0.4, 0.5) is 3.89 Å². The van der Waals surface area contributed by atoms with E-state index in [1.165, 1.54) is 0 Å². The highest BCUT2D eigenvalue weighted by Gasteiger charge is 1.95. The molecule has 58 valence electrons. The van der Waals surface area contributed by atoms with E-state index in [2.05, 4.69) is 6.58 Å². The molecule has 1 rings (SSSR count). The summed E-state index contributed by atoms with van der Waals surface area (Å²) in [5.41, 5.74) is 1.95. The van der Waals surface area contributed by atoms with E-state index in [1.807, 2.05) is 19.1 Å². The van der Waals surface area contributed by atoms with Crippen LogP contribution in [0.1, 0.15) is 12.5 Å². The largest absolute Gasteiger partial charge is 0.160 e. The standard InChI is InChI=1S/C9H9FS/c1-7(2)8-4-3-5-9(6-8)11-10/h3-6H,1H2,2H3. The van der Waals surface area contributed by atoms with E-state index in [4.69, 9.17) is 0 Å². The molecule has 0 aliphatic rings. The minimum absolute atomic E-state index is 0.259. The SMILES string of the molecule is C=C(C)c1cccc(SF)c1. The van der Waals surface area contributed by atoms with E-state index < -0.39 is 0 Å². The lowest BCUT2D eigenvalue weighted by Gasteiger charge is -1.99. The van der Waals surface area contributed by atoms with Gasteiger partial charge in [-0.15, -0.1) is 0 Å².